The summed E-state index contributed by atoms with van der Waals surface area (Å²) in [5.41, 5.74) is 0. The molecule has 114 valence electrons. The van der Waals surface area contributed by atoms with Crippen LogP contribution in [0.15, 0.2) is 0 Å². The van der Waals surface area contributed by atoms with Gasteiger partial charge in [-0.1, -0.05) is 0 Å². The van der Waals surface area contributed by atoms with Crippen molar-refractivity contribution >= 4 is 23.5 Å². The monoisotopic (exact) mass is 300 g/mol. The highest BCUT2D eigenvalue weighted by Gasteiger charge is 2.12. The van der Waals surface area contributed by atoms with Gasteiger partial charge < -0.3 is 10.6 Å². The lowest BCUT2D eigenvalue weighted by atomic mass is 10.2. The Balaban J connectivity index is 2.56. The Morgan fingerprint density at radius 3 is 2.05 bits per heavy atom. The summed E-state index contributed by atoms with van der Waals surface area (Å²) in [7, 11) is 0. The molecule has 2 N–H and O–H groups in total. The van der Waals surface area contributed by atoms with Crippen LogP contribution in [0.25, 0.3) is 0 Å². The molecule has 1 rings (SSSR count). The summed E-state index contributed by atoms with van der Waals surface area (Å²) < 4.78 is 0. The van der Waals surface area contributed by atoms with Crippen LogP contribution in [0.3, 0.4) is 0 Å². The fraction of sp³-hybridized carbons (Fsp3) is 0.769. The molecule has 6 nitrogen and oxygen atoms in total. The van der Waals surface area contributed by atoms with Gasteiger partial charge in [-0.05, 0) is 46.2 Å². The summed E-state index contributed by atoms with van der Waals surface area (Å²) in [5, 5.41) is 6.42. The Morgan fingerprint density at radius 2 is 1.55 bits per heavy atom. The Kier molecular flexibility index (Phi) is 6.95. The fourth-order valence-corrected chi connectivity index (χ4v) is 2.24. The average Bonchev–Trinajstić information content (AvgIpc) is 2.33. The summed E-state index contributed by atoms with van der Waals surface area (Å²) in [4.78, 5) is 14.7. The van der Waals surface area contributed by atoms with E-state index in [9.17, 15) is 0 Å². The van der Waals surface area contributed by atoms with Gasteiger partial charge in [0.15, 0.2) is 0 Å². The molecule has 0 aliphatic rings. The van der Waals surface area contributed by atoms with Crippen molar-refractivity contribution in [3.8, 4) is 0 Å². The smallest absolute Gasteiger partial charge is 0.228 e. The molecule has 0 aromatic carbocycles. The summed E-state index contributed by atoms with van der Waals surface area (Å²) in [5.74, 6) is 1.01. The van der Waals surface area contributed by atoms with Crippen LogP contribution in [-0.4, -0.2) is 51.6 Å². The van der Waals surface area contributed by atoms with E-state index in [0.717, 1.165) is 19.6 Å². The fourth-order valence-electron chi connectivity index (χ4n) is 2.08. The van der Waals surface area contributed by atoms with Gasteiger partial charge in [0.05, 0.1) is 0 Å². The molecule has 0 bridgehead atoms. The van der Waals surface area contributed by atoms with Gasteiger partial charge in [-0.2, -0.15) is 15.0 Å². The molecule has 0 aliphatic carbocycles. The van der Waals surface area contributed by atoms with E-state index in [2.05, 4.69) is 58.2 Å². The van der Waals surface area contributed by atoms with E-state index in [-0.39, 0.29) is 5.28 Å². The van der Waals surface area contributed by atoms with Gasteiger partial charge in [-0.15, -0.1) is 0 Å². The molecular weight excluding hydrogens is 276 g/mol. The first kappa shape index (κ1) is 16.9. The second-order valence-corrected chi connectivity index (χ2v) is 5.47. The Labute approximate surface area is 126 Å². The zero-order valence-electron chi connectivity index (χ0n) is 12.9. The van der Waals surface area contributed by atoms with Gasteiger partial charge in [0.2, 0.25) is 17.2 Å². The minimum atomic E-state index is 0.197. The third-order valence-electron chi connectivity index (χ3n) is 2.92. The van der Waals surface area contributed by atoms with E-state index >= 15 is 0 Å². The lowest BCUT2D eigenvalue weighted by Crippen LogP contribution is -2.40. The van der Waals surface area contributed by atoms with Gasteiger partial charge in [0.1, 0.15) is 0 Å². The van der Waals surface area contributed by atoms with E-state index in [4.69, 9.17) is 11.6 Å². The Hall–Kier alpha value is -1.14. The van der Waals surface area contributed by atoms with Crippen molar-refractivity contribution in [3.63, 3.8) is 0 Å². The van der Waals surface area contributed by atoms with Crippen LogP contribution in [0.1, 0.15) is 34.6 Å². The molecular formula is C13H25ClN6. The molecule has 0 unspecified atom stereocenters. The first-order valence-electron chi connectivity index (χ1n) is 7.09. The number of anilines is 2. The van der Waals surface area contributed by atoms with E-state index in [1.165, 1.54) is 0 Å². The number of hydrogen-bond acceptors (Lipinski definition) is 6. The SMILES string of the molecule is CCNc1nc(Cl)nc(NCCN(C(C)C)C(C)C)n1. The first-order chi connectivity index (χ1) is 9.43. The number of hydrogen-bond donors (Lipinski definition) is 2. The van der Waals surface area contributed by atoms with Crippen LogP contribution in [-0.2, 0) is 0 Å². The zero-order chi connectivity index (χ0) is 15.1. The molecule has 0 amide bonds. The number of halogens is 1. The van der Waals surface area contributed by atoms with Crippen LogP contribution in [0.4, 0.5) is 11.9 Å². The van der Waals surface area contributed by atoms with Crippen molar-refractivity contribution in [3.05, 3.63) is 5.28 Å². The van der Waals surface area contributed by atoms with E-state index in [1.54, 1.807) is 0 Å². The highest BCUT2D eigenvalue weighted by molar-refractivity contribution is 6.28. The summed E-state index contributed by atoms with van der Waals surface area (Å²) >= 11 is 5.88. The summed E-state index contributed by atoms with van der Waals surface area (Å²) in [6.07, 6.45) is 0. The highest BCUT2D eigenvalue weighted by Crippen LogP contribution is 2.09. The van der Waals surface area contributed by atoms with Crippen molar-refractivity contribution in [2.75, 3.05) is 30.3 Å². The van der Waals surface area contributed by atoms with Gasteiger partial charge >= 0.3 is 0 Å². The minimum Gasteiger partial charge on any atom is -0.354 e. The van der Waals surface area contributed by atoms with Crippen LogP contribution in [0.5, 0.6) is 0 Å². The largest absolute Gasteiger partial charge is 0.354 e. The van der Waals surface area contributed by atoms with Gasteiger partial charge in [0, 0.05) is 31.7 Å². The molecule has 7 heteroatoms. The van der Waals surface area contributed by atoms with Crippen molar-refractivity contribution in [2.24, 2.45) is 0 Å². The molecule has 1 aromatic rings. The van der Waals surface area contributed by atoms with Crippen LogP contribution < -0.4 is 10.6 Å². The van der Waals surface area contributed by atoms with Crippen molar-refractivity contribution < 1.29 is 0 Å². The molecule has 0 radical (unpaired) electrons. The van der Waals surface area contributed by atoms with Gasteiger partial charge in [-0.25, -0.2) is 0 Å². The molecule has 0 aliphatic heterocycles. The third kappa shape index (κ3) is 5.46. The van der Waals surface area contributed by atoms with E-state index in [0.29, 0.717) is 24.0 Å². The van der Waals surface area contributed by atoms with Crippen molar-refractivity contribution in [1.82, 2.24) is 19.9 Å². The van der Waals surface area contributed by atoms with Gasteiger partial charge in [-0.3, -0.25) is 4.90 Å². The number of rotatable bonds is 8. The van der Waals surface area contributed by atoms with Crippen molar-refractivity contribution in [1.29, 1.82) is 0 Å². The van der Waals surface area contributed by atoms with Gasteiger partial charge in [0.25, 0.3) is 0 Å². The molecule has 1 aromatic heterocycles. The number of nitrogens with zero attached hydrogens (tertiary/aromatic N) is 4. The molecule has 20 heavy (non-hydrogen) atoms. The average molecular weight is 301 g/mol. The molecule has 0 atom stereocenters. The Morgan fingerprint density at radius 1 is 1.00 bits per heavy atom. The zero-order valence-corrected chi connectivity index (χ0v) is 13.7. The number of nitrogens with one attached hydrogen (secondary N) is 2. The maximum Gasteiger partial charge on any atom is 0.228 e. The predicted octanol–water partition coefficient (Wildman–Crippen LogP) is 2.49. The van der Waals surface area contributed by atoms with E-state index in [1.807, 2.05) is 6.92 Å². The molecule has 0 fully saturated rings. The van der Waals surface area contributed by atoms with Crippen LogP contribution >= 0.6 is 11.6 Å². The second kappa shape index (κ2) is 8.21. The summed E-state index contributed by atoms with van der Waals surface area (Å²) in [6.45, 7) is 13.2. The predicted molar refractivity (Wildman–Crippen MR) is 84.5 cm³/mol. The maximum atomic E-state index is 5.88. The standard InChI is InChI=1S/C13H25ClN6/c1-6-15-12-17-11(14)18-13(19-12)16-7-8-20(9(2)3)10(4)5/h9-10H,6-8H2,1-5H3,(H2,15,16,17,18,19). The van der Waals surface area contributed by atoms with E-state index < -0.39 is 0 Å². The summed E-state index contributed by atoms with van der Waals surface area (Å²) in [6, 6.07) is 1.02. The lowest BCUT2D eigenvalue weighted by molar-refractivity contribution is 0.182. The number of aromatic nitrogens is 3. The van der Waals surface area contributed by atoms with Crippen LogP contribution in [0.2, 0.25) is 5.28 Å². The molecule has 0 saturated carbocycles. The minimum absolute atomic E-state index is 0.197. The molecule has 1 heterocycles. The first-order valence-corrected chi connectivity index (χ1v) is 7.46. The normalized spacial score (nSPS) is 11.4. The topological polar surface area (TPSA) is 66.0 Å². The second-order valence-electron chi connectivity index (χ2n) is 5.13. The third-order valence-corrected chi connectivity index (χ3v) is 3.09. The maximum absolute atomic E-state index is 5.88. The van der Waals surface area contributed by atoms with Crippen molar-refractivity contribution in [2.45, 2.75) is 46.7 Å². The lowest BCUT2D eigenvalue weighted by Gasteiger charge is -2.30. The van der Waals surface area contributed by atoms with Crippen LogP contribution in [0, 0.1) is 0 Å². The quantitative estimate of drug-likeness (QED) is 0.769. The Bertz CT molecular complexity index is 402. The highest BCUT2D eigenvalue weighted by atomic mass is 35.5. The molecule has 0 spiro atoms. The molecule has 0 saturated heterocycles.